The number of anilines is 1. The standard InChI is InChI=1S/C21H17FN4O4S/c22-16-3-1-15(2-4-16)12-26(17-5-7-19-20(11-17)30-10-9-29-19)31(27,28)18-6-8-21-24-23-14-25(21)13-18/h1-8,11,13-14H,9-10,12H2. The normalized spacial score (nSPS) is 13.3. The van der Waals surface area contributed by atoms with Gasteiger partial charge in [0.2, 0.25) is 0 Å². The molecule has 0 saturated heterocycles. The Labute approximate surface area is 177 Å². The Morgan fingerprint density at radius 1 is 1.00 bits per heavy atom. The van der Waals surface area contributed by atoms with Crippen molar-refractivity contribution in [3.8, 4) is 11.5 Å². The molecule has 0 fully saturated rings. The summed E-state index contributed by atoms with van der Waals surface area (Å²) >= 11 is 0. The summed E-state index contributed by atoms with van der Waals surface area (Å²) in [5.74, 6) is 0.632. The van der Waals surface area contributed by atoms with Crippen molar-refractivity contribution in [3.05, 3.63) is 78.5 Å². The van der Waals surface area contributed by atoms with E-state index < -0.39 is 15.8 Å². The van der Waals surface area contributed by atoms with Crippen LogP contribution in [-0.2, 0) is 16.6 Å². The maximum Gasteiger partial charge on any atom is 0.266 e. The first-order chi connectivity index (χ1) is 15.0. The fourth-order valence-electron chi connectivity index (χ4n) is 3.34. The van der Waals surface area contributed by atoms with Crippen molar-refractivity contribution in [3.63, 3.8) is 0 Å². The summed E-state index contributed by atoms with van der Waals surface area (Å²) in [4.78, 5) is 0.0665. The number of nitrogens with zero attached hydrogens (tertiary/aromatic N) is 4. The van der Waals surface area contributed by atoms with E-state index >= 15 is 0 Å². The average molecular weight is 440 g/mol. The molecule has 0 aliphatic carbocycles. The number of fused-ring (bicyclic) bond motifs is 2. The van der Waals surface area contributed by atoms with Gasteiger partial charge < -0.3 is 9.47 Å². The molecule has 4 aromatic rings. The maximum atomic E-state index is 13.7. The monoisotopic (exact) mass is 440 g/mol. The van der Waals surface area contributed by atoms with E-state index in [1.807, 2.05) is 0 Å². The third-order valence-electron chi connectivity index (χ3n) is 4.90. The van der Waals surface area contributed by atoms with Crippen LogP contribution in [0.1, 0.15) is 5.56 Å². The van der Waals surface area contributed by atoms with Gasteiger partial charge in [0.15, 0.2) is 17.1 Å². The highest BCUT2D eigenvalue weighted by Crippen LogP contribution is 2.36. The molecular formula is C21H17FN4O4S. The number of aromatic nitrogens is 3. The summed E-state index contributed by atoms with van der Waals surface area (Å²) in [5, 5.41) is 7.70. The van der Waals surface area contributed by atoms with Crippen LogP contribution in [0.3, 0.4) is 0 Å². The Morgan fingerprint density at radius 3 is 2.58 bits per heavy atom. The van der Waals surface area contributed by atoms with E-state index in [1.54, 1.807) is 36.4 Å². The predicted molar refractivity (Wildman–Crippen MR) is 110 cm³/mol. The lowest BCUT2D eigenvalue weighted by atomic mass is 10.2. The van der Waals surface area contributed by atoms with Crippen LogP contribution in [0.25, 0.3) is 5.65 Å². The molecule has 0 radical (unpaired) electrons. The zero-order valence-electron chi connectivity index (χ0n) is 16.2. The summed E-state index contributed by atoms with van der Waals surface area (Å²) in [6.07, 6.45) is 2.89. The topological polar surface area (TPSA) is 86.0 Å². The van der Waals surface area contributed by atoms with Crippen molar-refractivity contribution in [1.29, 1.82) is 0 Å². The molecule has 5 rings (SSSR count). The SMILES string of the molecule is O=S(=O)(c1ccc2nncn2c1)N(Cc1ccc(F)cc1)c1ccc2c(c1)OCCO2. The van der Waals surface area contributed by atoms with Gasteiger partial charge in [-0.25, -0.2) is 12.8 Å². The fraction of sp³-hybridized carbons (Fsp3) is 0.143. The smallest absolute Gasteiger partial charge is 0.266 e. The summed E-state index contributed by atoms with van der Waals surface area (Å²) in [6.45, 7) is 0.816. The van der Waals surface area contributed by atoms with Crippen molar-refractivity contribution in [2.24, 2.45) is 0 Å². The molecule has 1 aliphatic heterocycles. The van der Waals surface area contributed by atoms with Gasteiger partial charge in [-0.1, -0.05) is 12.1 Å². The van der Waals surface area contributed by atoms with Crippen molar-refractivity contribution in [1.82, 2.24) is 14.6 Å². The number of pyridine rings is 1. The van der Waals surface area contributed by atoms with Crippen molar-refractivity contribution < 1.29 is 22.3 Å². The quantitative estimate of drug-likeness (QED) is 0.474. The molecule has 1 aliphatic rings. The van der Waals surface area contributed by atoms with Crippen LogP contribution in [0.4, 0.5) is 10.1 Å². The number of hydrogen-bond donors (Lipinski definition) is 0. The van der Waals surface area contributed by atoms with Crippen LogP contribution >= 0.6 is 0 Å². The van der Waals surface area contributed by atoms with Crippen LogP contribution in [0, 0.1) is 5.82 Å². The third kappa shape index (κ3) is 3.66. The van der Waals surface area contributed by atoms with Crippen molar-refractivity contribution in [2.75, 3.05) is 17.5 Å². The minimum absolute atomic E-state index is 0.00245. The molecule has 158 valence electrons. The van der Waals surface area contributed by atoms with E-state index in [0.29, 0.717) is 41.6 Å². The van der Waals surface area contributed by atoms with Crippen LogP contribution in [-0.4, -0.2) is 36.2 Å². The Hall–Kier alpha value is -3.66. The van der Waals surface area contributed by atoms with E-state index in [4.69, 9.17) is 9.47 Å². The second-order valence-electron chi connectivity index (χ2n) is 6.93. The Balaban J connectivity index is 1.60. The zero-order valence-corrected chi connectivity index (χ0v) is 17.0. The highest BCUT2D eigenvalue weighted by atomic mass is 32.2. The van der Waals surface area contributed by atoms with Crippen molar-refractivity contribution >= 4 is 21.4 Å². The van der Waals surface area contributed by atoms with Crippen LogP contribution in [0.2, 0.25) is 0 Å². The van der Waals surface area contributed by atoms with Gasteiger partial charge in [-0.3, -0.25) is 8.71 Å². The zero-order chi connectivity index (χ0) is 21.4. The van der Waals surface area contributed by atoms with E-state index in [1.165, 1.54) is 39.4 Å². The van der Waals surface area contributed by atoms with E-state index in [0.717, 1.165) is 0 Å². The Kier molecular flexibility index (Phi) is 4.70. The molecule has 0 N–H and O–H groups in total. The molecule has 3 heterocycles. The molecule has 2 aromatic carbocycles. The largest absolute Gasteiger partial charge is 0.486 e. The first-order valence-electron chi connectivity index (χ1n) is 9.47. The van der Waals surface area contributed by atoms with E-state index in [9.17, 15) is 12.8 Å². The number of rotatable bonds is 5. The lowest BCUT2D eigenvalue weighted by Gasteiger charge is -2.26. The van der Waals surface area contributed by atoms with Crippen molar-refractivity contribution in [2.45, 2.75) is 11.4 Å². The Bertz CT molecular complexity index is 1360. The lowest BCUT2D eigenvalue weighted by molar-refractivity contribution is 0.171. The Morgan fingerprint density at radius 2 is 1.77 bits per heavy atom. The molecule has 0 atom stereocenters. The predicted octanol–water partition coefficient (Wildman–Crippen LogP) is 3.04. The molecule has 8 nitrogen and oxygen atoms in total. The molecule has 31 heavy (non-hydrogen) atoms. The first-order valence-corrected chi connectivity index (χ1v) is 10.9. The van der Waals surface area contributed by atoms with Gasteiger partial charge in [0.05, 0.1) is 12.2 Å². The number of halogens is 1. The van der Waals surface area contributed by atoms with Gasteiger partial charge in [0.25, 0.3) is 10.0 Å². The van der Waals surface area contributed by atoms with Crippen LogP contribution in [0.5, 0.6) is 11.5 Å². The highest BCUT2D eigenvalue weighted by molar-refractivity contribution is 7.92. The fourth-order valence-corrected chi connectivity index (χ4v) is 4.80. The average Bonchev–Trinajstić information content (AvgIpc) is 3.26. The molecule has 0 amide bonds. The molecule has 0 unspecified atom stereocenters. The molecule has 0 bridgehead atoms. The summed E-state index contributed by atoms with van der Waals surface area (Å²) in [7, 11) is -3.99. The lowest BCUT2D eigenvalue weighted by Crippen LogP contribution is -2.31. The summed E-state index contributed by atoms with van der Waals surface area (Å²) < 4.78 is 54.7. The summed E-state index contributed by atoms with van der Waals surface area (Å²) in [6, 6.07) is 13.7. The van der Waals surface area contributed by atoms with Gasteiger partial charge >= 0.3 is 0 Å². The van der Waals surface area contributed by atoms with Crippen LogP contribution < -0.4 is 13.8 Å². The first kappa shape index (κ1) is 19.3. The second kappa shape index (κ2) is 7.55. The number of benzene rings is 2. The second-order valence-corrected chi connectivity index (χ2v) is 8.79. The van der Waals surface area contributed by atoms with Gasteiger partial charge in [-0.15, -0.1) is 10.2 Å². The highest BCUT2D eigenvalue weighted by Gasteiger charge is 2.27. The van der Waals surface area contributed by atoms with Gasteiger partial charge in [0.1, 0.15) is 30.3 Å². The number of ether oxygens (including phenoxy) is 2. The molecule has 2 aromatic heterocycles. The van der Waals surface area contributed by atoms with Crippen LogP contribution in [0.15, 0.2) is 72.0 Å². The molecule has 10 heteroatoms. The van der Waals surface area contributed by atoms with Gasteiger partial charge in [-0.05, 0) is 42.0 Å². The maximum absolute atomic E-state index is 13.7. The minimum Gasteiger partial charge on any atom is -0.486 e. The van der Waals surface area contributed by atoms with Gasteiger partial charge in [0, 0.05) is 12.3 Å². The van der Waals surface area contributed by atoms with E-state index in [-0.39, 0.29) is 11.4 Å². The van der Waals surface area contributed by atoms with Gasteiger partial charge in [-0.2, -0.15) is 0 Å². The number of hydrogen-bond acceptors (Lipinski definition) is 6. The summed E-state index contributed by atoms with van der Waals surface area (Å²) in [5.41, 5.74) is 1.56. The molecule has 0 spiro atoms. The minimum atomic E-state index is -3.99. The molecular weight excluding hydrogens is 423 g/mol. The molecule has 0 saturated carbocycles. The third-order valence-corrected chi connectivity index (χ3v) is 6.66. The number of sulfonamides is 1. The van der Waals surface area contributed by atoms with E-state index in [2.05, 4.69) is 10.2 Å².